The standard InChI is InChI=1S/C18H12N4O2.2C17H14N4O2.C16H13N5O2/c1-2-13-5-3-6-14(9-13)18(23)22-16-7-4-8-17(21-16)24-15-10-19-12-20-11-15;2*1-12-4-2-5-13(8-12)17(22)21-15-6-3-7-16(20-15)23-14-9-18-11-19-10-14;1-11-4-2-5-13(19-11)16(22)21-14-6-3-7-15(20-14)23-12-8-17-10-18-9-12/h1,3-12H,(H,21,22,23);2*2-11H,1H3,(H,20,21,22);2-10H,1H3,(H,20,21,22). The van der Waals surface area contributed by atoms with Crippen LogP contribution >= 0.6 is 0 Å². The molecular weight excluding hydrogens is 1180 g/mol. The van der Waals surface area contributed by atoms with Crippen LogP contribution in [0.1, 0.15) is 63.9 Å². The zero-order valence-electron chi connectivity index (χ0n) is 49.7. The van der Waals surface area contributed by atoms with Crippen LogP contribution in [-0.2, 0) is 0 Å². The topological polar surface area (TPSA) is 321 Å². The number of amides is 4. The molecule has 0 aliphatic rings. The van der Waals surface area contributed by atoms with Crippen LogP contribution in [0.2, 0.25) is 0 Å². The van der Waals surface area contributed by atoms with Crippen LogP contribution in [0.15, 0.2) is 239 Å². The van der Waals surface area contributed by atoms with Crippen LogP contribution < -0.4 is 40.2 Å². The van der Waals surface area contributed by atoms with Crippen molar-refractivity contribution < 1.29 is 38.1 Å². The Bertz CT molecular complexity index is 4180. The van der Waals surface area contributed by atoms with Crippen molar-refractivity contribution in [2.24, 2.45) is 0 Å². The van der Waals surface area contributed by atoms with Gasteiger partial charge in [-0.05, 0) is 99.6 Å². The molecule has 4 amide bonds. The summed E-state index contributed by atoms with van der Waals surface area (Å²) in [5, 5.41) is 10.9. The molecule has 0 bridgehead atoms. The van der Waals surface area contributed by atoms with Crippen LogP contribution in [0.3, 0.4) is 0 Å². The summed E-state index contributed by atoms with van der Waals surface area (Å²) in [5.41, 5.74) is 5.39. The van der Waals surface area contributed by atoms with Crippen LogP contribution in [0.25, 0.3) is 0 Å². The summed E-state index contributed by atoms with van der Waals surface area (Å²) in [6.07, 6.45) is 23.2. The molecule has 3 aromatic carbocycles. The number of nitrogens with one attached hydrogen (secondary N) is 4. The Morgan fingerprint density at radius 3 is 0.968 bits per heavy atom. The van der Waals surface area contributed by atoms with Gasteiger partial charge in [0.05, 0.1) is 49.6 Å². The van der Waals surface area contributed by atoms with Gasteiger partial charge in [0, 0.05) is 52.2 Å². The fourth-order valence-corrected chi connectivity index (χ4v) is 7.74. The molecule has 0 atom stereocenters. The molecule has 9 aromatic heterocycles. The molecule has 0 unspecified atom stereocenters. The van der Waals surface area contributed by atoms with Gasteiger partial charge in [0.2, 0.25) is 23.5 Å². The number of rotatable bonds is 16. The zero-order valence-corrected chi connectivity index (χ0v) is 49.7. The summed E-state index contributed by atoms with van der Waals surface area (Å²) >= 11 is 0. The van der Waals surface area contributed by atoms with Crippen molar-refractivity contribution in [1.29, 1.82) is 0 Å². The predicted octanol–water partition coefficient (Wildman–Crippen LogP) is 12.0. The third-order valence-corrected chi connectivity index (χ3v) is 11.9. The number of benzene rings is 3. The molecule has 0 spiro atoms. The molecule has 0 radical (unpaired) electrons. The minimum atomic E-state index is -0.332. The molecular formula is C68H53N17O8. The summed E-state index contributed by atoms with van der Waals surface area (Å²) in [7, 11) is 0. The molecule has 93 heavy (non-hydrogen) atoms. The highest BCUT2D eigenvalue weighted by molar-refractivity contribution is 6.05. The summed E-state index contributed by atoms with van der Waals surface area (Å²) < 4.78 is 22.1. The number of pyridine rings is 5. The second-order valence-corrected chi connectivity index (χ2v) is 19.1. The van der Waals surface area contributed by atoms with E-state index in [1.807, 2.05) is 63.2 Å². The average Bonchev–Trinajstić information content (AvgIpc) is 3.57. The minimum absolute atomic E-state index is 0.221. The lowest BCUT2D eigenvalue weighted by molar-refractivity contribution is 0.101. The highest BCUT2D eigenvalue weighted by Gasteiger charge is 2.13. The maximum atomic E-state index is 12.3. The van der Waals surface area contributed by atoms with E-state index in [0.717, 1.165) is 16.8 Å². The number of ether oxygens (including phenoxy) is 4. The third-order valence-electron chi connectivity index (χ3n) is 11.9. The Labute approximate surface area is 532 Å². The van der Waals surface area contributed by atoms with Gasteiger partial charge in [-0.25, -0.2) is 44.9 Å². The highest BCUT2D eigenvalue weighted by Crippen LogP contribution is 2.24. The van der Waals surface area contributed by atoms with Crippen molar-refractivity contribution in [3.05, 3.63) is 283 Å². The van der Waals surface area contributed by atoms with E-state index in [-0.39, 0.29) is 23.6 Å². The fraction of sp³-hybridized carbons (Fsp3) is 0.0441. The molecule has 25 nitrogen and oxygen atoms in total. The van der Waals surface area contributed by atoms with Crippen LogP contribution in [0.4, 0.5) is 23.3 Å². The second kappa shape index (κ2) is 32.9. The SMILES string of the molecule is C#Cc1cccc(C(=O)Nc2cccc(Oc3cncnc3)n2)c1.Cc1cccc(C(=O)Nc2cccc(Oc3cncnc3)n2)c1.Cc1cccc(C(=O)Nc2cccc(Oc3cncnc3)n2)c1.Cc1cccc(C(=O)Nc2cccc(Oc3cncnc3)n2)n1. The molecule has 0 aliphatic heterocycles. The predicted molar refractivity (Wildman–Crippen MR) is 343 cm³/mol. The quantitative estimate of drug-likeness (QED) is 0.0653. The minimum Gasteiger partial charge on any atom is -0.436 e. The first kappa shape index (κ1) is 63.9. The molecule has 0 aliphatic carbocycles. The van der Waals surface area contributed by atoms with Crippen LogP contribution in [-0.4, -0.2) is 88.4 Å². The van der Waals surface area contributed by atoms with E-state index >= 15 is 0 Å². The normalized spacial score (nSPS) is 10.0. The third kappa shape index (κ3) is 20.8. The van der Waals surface area contributed by atoms with Gasteiger partial charge in [0.15, 0.2) is 23.0 Å². The fourth-order valence-electron chi connectivity index (χ4n) is 7.74. The van der Waals surface area contributed by atoms with Gasteiger partial charge in [-0.1, -0.05) is 77.7 Å². The van der Waals surface area contributed by atoms with Gasteiger partial charge in [0.1, 0.15) is 54.3 Å². The van der Waals surface area contributed by atoms with Crippen molar-refractivity contribution in [3.63, 3.8) is 0 Å². The summed E-state index contributed by atoms with van der Waals surface area (Å²) in [6.45, 7) is 5.70. The number of aryl methyl sites for hydroxylation is 3. The average molecular weight is 1240 g/mol. The molecule has 4 N–H and O–H groups in total. The van der Waals surface area contributed by atoms with E-state index in [1.54, 1.807) is 121 Å². The van der Waals surface area contributed by atoms with Crippen molar-refractivity contribution in [2.75, 3.05) is 21.3 Å². The van der Waals surface area contributed by atoms with Crippen molar-refractivity contribution in [3.8, 4) is 58.9 Å². The van der Waals surface area contributed by atoms with E-state index in [4.69, 9.17) is 25.4 Å². The zero-order chi connectivity index (χ0) is 65.0. The van der Waals surface area contributed by atoms with E-state index < -0.39 is 0 Å². The monoisotopic (exact) mass is 1240 g/mol. The summed E-state index contributed by atoms with van der Waals surface area (Å²) in [4.78, 5) is 101. The second-order valence-electron chi connectivity index (χ2n) is 19.1. The lowest BCUT2D eigenvalue weighted by atomic mass is 10.1. The number of hydrogen-bond acceptors (Lipinski definition) is 21. The largest absolute Gasteiger partial charge is 0.436 e. The molecule has 0 saturated heterocycles. The van der Waals surface area contributed by atoms with Gasteiger partial charge >= 0.3 is 0 Å². The smallest absolute Gasteiger partial charge is 0.275 e. The molecule has 25 heteroatoms. The Morgan fingerprint density at radius 2 is 0.645 bits per heavy atom. The van der Waals surface area contributed by atoms with Crippen LogP contribution in [0, 0.1) is 33.1 Å². The molecule has 0 fully saturated rings. The molecule has 9 heterocycles. The van der Waals surface area contributed by atoms with Gasteiger partial charge in [-0.3, -0.25) is 19.2 Å². The lowest BCUT2D eigenvalue weighted by Gasteiger charge is -2.07. The molecule has 12 aromatic rings. The highest BCUT2D eigenvalue weighted by atomic mass is 16.5. The molecule has 12 rings (SSSR count). The summed E-state index contributed by atoms with van der Waals surface area (Å²) in [6, 6.07) is 47.1. The molecule has 0 saturated carbocycles. The first-order chi connectivity index (χ1) is 45.4. The lowest BCUT2D eigenvalue weighted by Crippen LogP contribution is -2.14. The first-order valence-corrected chi connectivity index (χ1v) is 27.8. The van der Waals surface area contributed by atoms with E-state index in [2.05, 4.69) is 92.0 Å². The molecule has 458 valence electrons. The number of nitrogens with zero attached hydrogens (tertiary/aromatic N) is 13. The Hall–Kier alpha value is -13.6. The van der Waals surface area contributed by atoms with Crippen LogP contribution in [0.5, 0.6) is 46.5 Å². The number of anilines is 4. The number of hydrogen-bond donors (Lipinski definition) is 4. The maximum Gasteiger partial charge on any atom is 0.275 e. The van der Waals surface area contributed by atoms with E-state index in [0.29, 0.717) is 97.7 Å². The Kier molecular flexibility index (Phi) is 22.6. The van der Waals surface area contributed by atoms with E-state index in [1.165, 1.54) is 74.9 Å². The Morgan fingerprint density at radius 1 is 0.344 bits per heavy atom. The number of carbonyl (C=O) groups is 4. The van der Waals surface area contributed by atoms with Crippen molar-refractivity contribution in [2.45, 2.75) is 20.8 Å². The number of carbonyl (C=O) groups excluding carboxylic acids is 4. The maximum absolute atomic E-state index is 12.3. The van der Waals surface area contributed by atoms with Gasteiger partial charge in [-0.15, -0.1) is 6.42 Å². The first-order valence-electron chi connectivity index (χ1n) is 27.8. The van der Waals surface area contributed by atoms with Gasteiger partial charge in [0.25, 0.3) is 23.6 Å². The van der Waals surface area contributed by atoms with Gasteiger partial charge in [-0.2, -0.15) is 19.9 Å². The number of terminal acetylenes is 1. The van der Waals surface area contributed by atoms with Crippen molar-refractivity contribution in [1.82, 2.24) is 64.8 Å². The van der Waals surface area contributed by atoms with Crippen molar-refractivity contribution >= 4 is 46.9 Å². The van der Waals surface area contributed by atoms with E-state index in [9.17, 15) is 19.2 Å². The number of aromatic nitrogens is 13. The Balaban J connectivity index is 0.000000146. The van der Waals surface area contributed by atoms with Gasteiger partial charge < -0.3 is 40.2 Å². The summed E-state index contributed by atoms with van der Waals surface area (Å²) in [5.74, 6) is 6.17.